The third-order valence-corrected chi connectivity index (χ3v) is 4.67. The highest BCUT2D eigenvalue weighted by Crippen LogP contribution is 2.23. The highest BCUT2D eigenvalue weighted by atomic mass is 16.6. The lowest BCUT2D eigenvalue weighted by molar-refractivity contribution is -0.0122. The Kier molecular flexibility index (Phi) is 6.34. The van der Waals surface area contributed by atoms with Crippen LogP contribution in [0.1, 0.15) is 26.5 Å². The van der Waals surface area contributed by atoms with Crippen molar-refractivity contribution >= 4 is 5.57 Å². The largest absolute Gasteiger partial charge is 0.491 e. The second-order valence-electron chi connectivity index (χ2n) is 7.41. The van der Waals surface area contributed by atoms with Crippen molar-refractivity contribution in [2.45, 2.75) is 26.4 Å². The van der Waals surface area contributed by atoms with Crippen LogP contribution in [0.5, 0.6) is 5.75 Å². The van der Waals surface area contributed by atoms with E-state index in [-0.39, 0.29) is 5.60 Å². The van der Waals surface area contributed by atoms with Crippen molar-refractivity contribution in [3.8, 4) is 11.4 Å². The highest BCUT2D eigenvalue weighted by Gasteiger charge is 2.34. The Morgan fingerprint density at radius 3 is 2.69 bits per heavy atom. The average Bonchev–Trinajstić information content (AvgIpc) is 3.35. The van der Waals surface area contributed by atoms with E-state index in [4.69, 9.17) is 9.47 Å². The predicted molar refractivity (Wildman–Crippen MR) is 116 cm³/mol. The van der Waals surface area contributed by atoms with Gasteiger partial charge in [0.25, 0.3) is 0 Å². The lowest BCUT2D eigenvalue weighted by Gasteiger charge is -2.22. The van der Waals surface area contributed by atoms with Crippen molar-refractivity contribution in [1.29, 1.82) is 0 Å². The first kappa shape index (κ1) is 20.6. The minimum absolute atomic E-state index is 0.339. The van der Waals surface area contributed by atoms with Crippen molar-refractivity contribution < 1.29 is 9.47 Å². The molecule has 0 bridgehead atoms. The molecule has 3 rings (SSSR count). The van der Waals surface area contributed by atoms with E-state index in [1.807, 2.05) is 74.4 Å². The summed E-state index contributed by atoms with van der Waals surface area (Å²) < 4.78 is 13.5. The van der Waals surface area contributed by atoms with Crippen LogP contribution in [-0.2, 0) is 4.74 Å². The molecule has 0 radical (unpaired) electrons. The van der Waals surface area contributed by atoms with Gasteiger partial charge in [0.1, 0.15) is 30.4 Å². The second kappa shape index (κ2) is 8.92. The Bertz CT molecular complexity index is 927. The van der Waals surface area contributed by atoms with Crippen LogP contribution in [0.3, 0.4) is 0 Å². The van der Waals surface area contributed by atoms with Gasteiger partial charge in [0.2, 0.25) is 0 Å². The summed E-state index contributed by atoms with van der Waals surface area (Å²) in [4.78, 5) is 2.03. The van der Waals surface area contributed by atoms with E-state index in [9.17, 15) is 0 Å². The molecule has 0 spiro atoms. The molecule has 0 N–H and O–H groups in total. The van der Waals surface area contributed by atoms with Gasteiger partial charge in [0.15, 0.2) is 0 Å². The van der Waals surface area contributed by atoms with Gasteiger partial charge in [0, 0.05) is 0 Å². The second-order valence-corrected chi connectivity index (χ2v) is 7.41. The third-order valence-electron chi connectivity index (χ3n) is 4.67. The summed E-state index contributed by atoms with van der Waals surface area (Å²) in [5.74, 6) is 0.787. The van der Waals surface area contributed by atoms with Crippen molar-refractivity contribution in [3.63, 3.8) is 0 Å². The van der Waals surface area contributed by atoms with Crippen molar-refractivity contribution in [3.05, 3.63) is 79.3 Å². The van der Waals surface area contributed by atoms with Crippen LogP contribution in [0.25, 0.3) is 11.3 Å². The average molecular weight is 393 g/mol. The first-order valence-corrected chi connectivity index (χ1v) is 9.59. The zero-order chi connectivity index (χ0) is 20.9. The third kappa shape index (κ3) is 5.23. The monoisotopic (exact) mass is 392 g/mol. The van der Waals surface area contributed by atoms with Gasteiger partial charge in [-0.1, -0.05) is 42.2 Å². The Labute approximate surface area is 172 Å². The van der Waals surface area contributed by atoms with Gasteiger partial charge >= 0.3 is 0 Å². The predicted octanol–water partition coefficient (Wildman–Crippen LogP) is 4.37. The lowest BCUT2D eigenvalue weighted by atomic mass is 10.1. The summed E-state index contributed by atoms with van der Waals surface area (Å²) in [6, 6.07) is 7.77. The zero-order valence-corrected chi connectivity index (χ0v) is 17.3. The number of allylic oxidation sites excluding steroid dienone is 5. The van der Waals surface area contributed by atoms with Gasteiger partial charge in [0.05, 0.1) is 18.4 Å². The molecule has 2 heterocycles. The van der Waals surface area contributed by atoms with Crippen molar-refractivity contribution in [1.82, 2.24) is 19.9 Å². The maximum Gasteiger partial charge on any atom is 0.119 e. The molecule has 0 saturated carbocycles. The molecule has 1 saturated heterocycles. The Balaban J connectivity index is 1.64. The van der Waals surface area contributed by atoms with E-state index in [1.165, 1.54) is 0 Å². The van der Waals surface area contributed by atoms with Gasteiger partial charge in [-0.25, -0.2) is 4.68 Å². The van der Waals surface area contributed by atoms with Gasteiger partial charge < -0.3 is 14.4 Å². The Hall–Kier alpha value is -3.12. The molecule has 0 aliphatic carbocycles. The molecule has 2 aromatic rings. The van der Waals surface area contributed by atoms with Crippen molar-refractivity contribution in [2.24, 2.45) is 0 Å². The topological polar surface area (TPSA) is 52.4 Å². The van der Waals surface area contributed by atoms with Crippen LogP contribution in [0.2, 0.25) is 0 Å². The van der Waals surface area contributed by atoms with E-state index >= 15 is 0 Å². The molecule has 6 nitrogen and oxygen atoms in total. The molecule has 1 aliphatic rings. The molecule has 1 aliphatic heterocycles. The minimum atomic E-state index is -0.339. The summed E-state index contributed by atoms with van der Waals surface area (Å²) in [5, 5.41) is 8.52. The lowest BCUT2D eigenvalue weighted by Crippen LogP contribution is -2.36. The number of nitrogens with zero attached hydrogens (tertiary/aromatic N) is 4. The Morgan fingerprint density at radius 2 is 2.07 bits per heavy atom. The zero-order valence-electron chi connectivity index (χ0n) is 17.3. The molecule has 1 unspecified atom stereocenters. The van der Waals surface area contributed by atoms with E-state index in [0.29, 0.717) is 13.3 Å². The summed E-state index contributed by atoms with van der Waals surface area (Å²) >= 11 is 0. The van der Waals surface area contributed by atoms with Crippen LogP contribution < -0.4 is 4.74 Å². The smallest absolute Gasteiger partial charge is 0.119 e. The van der Waals surface area contributed by atoms with E-state index < -0.39 is 0 Å². The fourth-order valence-corrected chi connectivity index (χ4v) is 2.98. The molecule has 6 heteroatoms. The van der Waals surface area contributed by atoms with Crippen LogP contribution in [0, 0.1) is 0 Å². The molecule has 1 fully saturated rings. The van der Waals surface area contributed by atoms with Gasteiger partial charge in [-0.3, -0.25) is 0 Å². The Morgan fingerprint density at radius 1 is 1.31 bits per heavy atom. The maximum absolute atomic E-state index is 5.93. The van der Waals surface area contributed by atoms with Crippen LogP contribution in [0.4, 0.5) is 0 Å². The number of hydrogen-bond acceptors (Lipinski definition) is 5. The number of rotatable bonds is 8. The fourth-order valence-electron chi connectivity index (χ4n) is 2.98. The maximum atomic E-state index is 5.93. The standard InChI is InChI=1S/C23H28N4O2/c1-6-19(9-8-18(3)4)22-14-27(25-24-22)20-10-12-21(13-11-20)28-16-23(5)15-26(7-2)17-29-23/h6-14H,2-3,15-17H2,1,4-5H3. The molecular formula is C23H28N4O2. The van der Waals surface area contributed by atoms with Gasteiger partial charge in [-0.05, 0) is 56.8 Å². The van der Waals surface area contributed by atoms with Crippen LogP contribution >= 0.6 is 0 Å². The van der Waals surface area contributed by atoms with Gasteiger partial charge in [-0.2, -0.15) is 0 Å². The fraction of sp³-hybridized carbons (Fsp3) is 0.304. The first-order valence-electron chi connectivity index (χ1n) is 9.59. The summed E-state index contributed by atoms with van der Waals surface area (Å²) in [6.45, 7) is 15.4. The molecule has 1 aromatic carbocycles. The van der Waals surface area contributed by atoms with Gasteiger partial charge in [-0.15, -0.1) is 5.10 Å². The first-order chi connectivity index (χ1) is 13.9. The summed E-state index contributed by atoms with van der Waals surface area (Å²) in [6.07, 6.45) is 9.66. The molecular weight excluding hydrogens is 364 g/mol. The van der Waals surface area contributed by atoms with E-state index in [1.54, 1.807) is 10.9 Å². The highest BCUT2D eigenvalue weighted by molar-refractivity contribution is 5.71. The quantitative estimate of drug-likeness (QED) is 0.624. The molecule has 0 amide bonds. The SMILES string of the molecule is C=CN1COC(C)(COc2ccc(-n3cc(C(C=CC(=C)C)=CC)nn3)cc2)C1. The van der Waals surface area contributed by atoms with Crippen LogP contribution in [0.15, 0.2) is 73.6 Å². The normalized spacial score (nSPS) is 19.7. The van der Waals surface area contributed by atoms with Crippen molar-refractivity contribution in [2.75, 3.05) is 19.9 Å². The number of hydrogen-bond donors (Lipinski definition) is 0. The van der Waals surface area contributed by atoms with E-state index in [2.05, 4.69) is 23.5 Å². The number of aromatic nitrogens is 3. The molecule has 29 heavy (non-hydrogen) atoms. The van der Waals surface area contributed by atoms with Crippen LogP contribution in [-0.4, -0.2) is 45.4 Å². The number of ether oxygens (including phenoxy) is 2. The number of benzene rings is 1. The minimum Gasteiger partial charge on any atom is -0.491 e. The summed E-state index contributed by atoms with van der Waals surface area (Å²) in [5.41, 5.74) is 3.37. The molecule has 1 atom stereocenters. The molecule has 1 aromatic heterocycles. The molecule has 152 valence electrons. The van der Waals surface area contributed by atoms with E-state index in [0.717, 1.165) is 34.8 Å². The summed E-state index contributed by atoms with van der Waals surface area (Å²) in [7, 11) is 0.